The molecule has 0 spiro atoms. The summed E-state index contributed by atoms with van der Waals surface area (Å²) in [5, 5.41) is 0. The summed E-state index contributed by atoms with van der Waals surface area (Å²) < 4.78 is 7.76. The van der Waals surface area contributed by atoms with E-state index in [1.807, 2.05) is 0 Å². The molecule has 3 heterocycles. The lowest BCUT2D eigenvalue weighted by Crippen LogP contribution is -2.47. The molecule has 122 valence electrons. The first-order valence-corrected chi connectivity index (χ1v) is 7.57. The van der Waals surface area contributed by atoms with Gasteiger partial charge >= 0.3 is 11.1 Å². The van der Waals surface area contributed by atoms with E-state index in [0.29, 0.717) is 44.0 Å². The van der Waals surface area contributed by atoms with Crippen molar-refractivity contribution in [2.75, 3.05) is 26.3 Å². The van der Waals surface area contributed by atoms with Gasteiger partial charge in [-0.25, -0.2) is 4.98 Å². The normalized spacial score (nSPS) is 15.1. The van der Waals surface area contributed by atoms with Gasteiger partial charge in [-0.2, -0.15) is 0 Å². The molecule has 8 nitrogen and oxygen atoms in total. The van der Waals surface area contributed by atoms with Gasteiger partial charge in [0.1, 0.15) is 6.54 Å². The summed E-state index contributed by atoms with van der Waals surface area (Å²) in [6, 6.07) is 3.38. The third-order valence-electron chi connectivity index (χ3n) is 3.96. The van der Waals surface area contributed by atoms with Crippen molar-refractivity contribution in [1.29, 1.82) is 0 Å². The van der Waals surface area contributed by atoms with E-state index in [1.54, 1.807) is 30.2 Å². The maximum absolute atomic E-state index is 12.4. The highest BCUT2D eigenvalue weighted by molar-refractivity contribution is 5.79. The zero-order valence-electron chi connectivity index (χ0n) is 12.9. The van der Waals surface area contributed by atoms with Crippen molar-refractivity contribution in [2.45, 2.75) is 20.0 Å². The van der Waals surface area contributed by atoms with Crippen LogP contribution in [0.2, 0.25) is 0 Å². The molecule has 1 aliphatic heterocycles. The lowest BCUT2D eigenvalue weighted by Gasteiger charge is -2.27. The van der Waals surface area contributed by atoms with Crippen LogP contribution < -0.4 is 11.1 Å². The molecule has 0 atom stereocenters. The highest BCUT2D eigenvalue weighted by Gasteiger charge is 2.20. The van der Waals surface area contributed by atoms with Crippen molar-refractivity contribution in [3.8, 4) is 0 Å². The van der Waals surface area contributed by atoms with Crippen molar-refractivity contribution in [2.24, 2.45) is 0 Å². The van der Waals surface area contributed by atoms with E-state index in [1.165, 1.54) is 9.13 Å². The number of amides is 1. The molecule has 0 aromatic carbocycles. The Hall–Kier alpha value is -2.48. The lowest BCUT2D eigenvalue weighted by molar-refractivity contribution is -0.135. The summed E-state index contributed by atoms with van der Waals surface area (Å²) in [5.41, 5.74) is -0.461. The topological polar surface area (TPSA) is 86.4 Å². The highest BCUT2D eigenvalue weighted by Crippen LogP contribution is 2.08. The number of rotatable bonds is 3. The first kappa shape index (κ1) is 15.4. The van der Waals surface area contributed by atoms with Gasteiger partial charge in [0.15, 0.2) is 5.65 Å². The average molecular weight is 318 g/mol. The van der Waals surface area contributed by atoms with Gasteiger partial charge in [-0.3, -0.25) is 23.5 Å². The number of aryl methyl sites for hydroxylation is 1. The third kappa shape index (κ3) is 2.77. The molecule has 0 bridgehead atoms. The maximum atomic E-state index is 12.4. The van der Waals surface area contributed by atoms with Crippen LogP contribution in [0.3, 0.4) is 0 Å². The Bertz CT molecular complexity index is 849. The Morgan fingerprint density at radius 3 is 2.61 bits per heavy atom. The predicted octanol–water partition coefficient (Wildman–Crippen LogP) is -0.563. The first-order chi connectivity index (χ1) is 11.1. The molecule has 2 aromatic heterocycles. The largest absolute Gasteiger partial charge is 0.378 e. The van der Waals surface area contributed by atoms with Crippen molar-refractivity contribution in [3.63, 3.8) is 0 Å². The van der Waals surface area contributed by atoms with Gasteiger partial charge in [0.25, 0.3) is 0 Å². The number of aromatic nitrogens is 3. The standard InChI is InChI=1S/C15H18N4O4/c1-2-18-13-11(4-3-5-16-13)19(15(22)14(18)21)10-12(20)17-6-8-23-9-7-17/h3-5H,2,6-10H2,1H3. The fourth-order valence-electron chi connectivity index (χ4n) is 2.74. The Morgan fingerprint density at radius 1 is 1.22 bits per heavy atom. The van der Waals surface area contributed by atoms with Gasteiger partial charge in [-0.05, 0) is 19.1 Å². The van der Waals surface area contributed by atoms with E-state index in [2.05, 4.69) is 4.98 Å². The number of nitrogens with zero attached hydrogens (tertiary/aromatic N) is 4. The fourth-order valence-corrected chi connectivity index (χ4v) is 2.74. The van der Waals surface area contributed by atoms with Crippen molar-refractivity contribution < 1.29 is 9.53 Å². The molecular formula is C15H18N4O4. The molecule has 0 radical (unpaired) electrons. The Morgan fingerprint density at radius 2 is 1.91 bits per heavy atom. The number of pyridine rings is 1. The zero-order valence-corrected chi connectivity index (χ0v) is 12.9. The SMILES string of the molecule is CCn1c(=O)c(=O)n(CC(=O)N2CCOCC2)c2cccnc21. The molecule has 1 aliphatic rings. The molecule has 0 N–H and O–H groups in total. The number of carbonyl (C=O) groups is 1. The molecule has 0 aliphatic carbocycles. The Labute approximate surface area is 131 Å². The number of morpholine rings is 1. The Kier molecular flexibility index (Phi) is 4.24. The Balaban J connectivity index is 2.07. The van der Waals surface area contributed by atoms with E-state index < -0.39 is 11.1 Å². The van der Waals surface area contributed by atoms with Gasteiger partial charge in [0, 0.05) is 25.8 Å². The van der Waals surface area contributed by atoms with E-state index in [0.717, 1.165) is 0 Å². The number of hydrogen-bond donors (Lipinski definition) is 0. The van der Waals surface area contributed by atoms with Crippen LogP contribution in [0.15, 0.2) is 27.9 Å². The van der Waals surface area contributed by atoms with Gasteiger partial charge in [-0.15, -0.1) is 0 Å². The van der Waals surface area contributed by atoms with Crippen molar-refractivity contribution in [1.82, 2.24) is 19.0 Å². The van der Waals surface area contributed by atoms with Crippen LogP contribution in [0.1, 0.15) is 6.92 Å². The molecule has 0 unspecified atom stereocenters. The number of ether oxygens (including phenoxy) is 1. The van der Waals surface area contributed by atoms with E-state index in [-0.39, 0.29) is 12.5 Å². The quantitative estimate of drug-likeness (QED) is 0.708. The van der Waals surface area contributed by atoms with Crippen molar-refractivity contribution in [3.05, 3.63) is 39.0 Å². The number of carbonyl (C=O) groups excluding carboxylic acids is 1. The van der Waals surface area contributed by atoms with Crippen LogP contribution in [0.5, 0.6) is 0 Å². The van der Waals surface area contributed by atoms with Gasteiger partial charge in [0.2, 0.25) is 5.91 Å². The smallest absolute Gasteiger partial charge is 0.318 e. The minimum atomic E-state index is -0.700. The third-order valence-corrected chi connectivity index (χ3v) is 3.96. The summed E-state index contributed by atoms with van der Waals surface area (Å²) in [6.45, 7) is 3.92. The molecule has 1 fully saturated rings. The van der Waals surface area contributed by atoms with Crippen LogP contribution in [-0.2, 0) is 22.6 Å². The lowest BCUT2D eigenvalue weighted by atomic mass is 10.3. The summed E-state index contributed by atoms with van der Waals surface area (Å²) in [7, 11) is 0. The second-order valence-corrected chi connectivity index (χ2v) is 5.28. The molecule has 1 saturated heterocycles. The van der Waals surface area contributed by atoms with Gasteiger partial charge in [-0.1, -0.05) is 0 Å². The van der Waals surface area contributed by atoms with Gasteiger partial charge < -0.3 is 9.64 Å². The summed E-state index contributed by atoms with van der Waals surface area (Å²) in [5.74, 6) is -0.200. The molecule has 23 heavy (non-hydrogen) atoms. The molecule has 0 saturated carbocycles. The highest BCUT2D eigenvalue weighted by atomic mass is 16.5. The predicted molar refractivity (Wildman–Crippen MR) is 83.3 cm³/mol. The van der Waals surface area contributed by atoms with Crippen LogP contribution in [0, 0.1) is 0 Å². The van der Waals surface area contributed by atoms with Crippen LogP contribution >= 0.6 is 0 Å². The van der Waals surface area contributed by atoms with E-state index >= 15 is 0 Å². The summed E-state index contributed by atoms with van der Waals surface area (Å²) >= 11 is 0. The second-order valence-electron chi connectivity index (χ2n) is 5.28. The minimum absolute atomic E-state index is 0.166. The van der Waals surface area contributed by atoms with Crippen LogP contribution in [0.25, 0.3) is 11.2 Å². The molecule has 2 aromatic rings. The maximum Gasteiger partial charge on any atom is 0.318 e. The minimum Gasteiger partial charge on any atom is -0.378 e. The molecule has 3 rings (SSSR count). The molecular weight excluding hydrogens is 300 g/mol. The van der Waals surface area contributed by atoms with E-state index in [9.17, 15) is 14.4 Å². The zero-order chi connectivity index (χ0) is 16.4. The van der Waals surface area contributed by atoms with E-state index in [4.69, 9.17) is 4.74 Å². The van der Waals surface area contributed by atoms with Crippen LogP contribution in [-0.4, -0.2) is 51.2 Å². The summed E-state index contributed by atoms with van der Waals surface area (Å²) in [6.07, 6.45) is 1.56. The van der Waals surface area contributed by atoms with Crippen molar-refractivity contribution >= 4 is 17.1 Å². The molecule has 1 amide bonds. The molecule has 8 heteroatoms. The van der Waals surface area contributed by atoms with Crippen LogP contribution in [0.4, 0.5) is 0 Å². The monoisotopic (exact) mass is 318 g/mol. The second kappa shape index (κ2) is 6.33. The average Bonchev–Trinajstić information content (AvgIpc) is 2.60. The number of hydrogen-bond acceptors (Lipinski definition) is 5. The first-order valence-electron chi connectivity index (χ1n) is 7.57. The number of fused-ring (bicyclic) bond motifs is 1. The fraction of sp³-hybridized carbons (Fsp3) is 0.467. The summed E-state index contributed by atoms with van der Waals surface area (Å²) in [4.78, 5) is 42.9. The van der Waals surface area contributed by atoms with Gasteiger partial charge in [0.05, 0.1) is 18.7 Å².